The molecule has 1 amide bonds. The second kappa shape index (κ2) is 7.04. The van der Waals surface area contributed by atoms with Crippen LogP contribution in [-0.2, 0) is 4.79 Å². The van der Waals surface area contributed by atoms with Gasteiger partial charge in [0.15, 0.2) is 12.4 Å². The third-order valence-corrected chi connectivity index (χ3v) is 2.47. The number of carbonyl (C=O) groups excluding carboxylic acids is 1. The molecule has 0 unspecified atom stereocenters. The second-order valence-corrected chi connectivity index (χ2v) is 3.86. The SMILES string of the molecule is CN(CCC#N)C(=O)COc1c(F)cccc1[N+](=O)[O-]. The number of rotatable bonds is 6. The van der Waals surface area contributed by atoms with Gasteiger partial charge in [0, 0.05) is 19.7 Å². The Morgan fingerprint density at radius 2 is 2.30 bits per heavy atom. The molecule has 106 valence electrons. The van der Waals surface area contributed by atoms with Gasteiger partial charge in [0.05, 0.1) is 17.4 Å². The van der Waals surface area contributed by atoms with E-state index < -0.39 is 34.7 Å². The summed E-state index contributed by atoms with van der Waals surface area (Å²) in [5.74, 6) is -1.98. The van der Waals surface area contributed by atoms with Crippen LogP contribution in [0.5, 0.6) is 5.75 Å². The van der Waals surface area contributed by atoms with E-state index in [1.54, 1.807) is 0 Å². The van der Waals surface area contributed by atoms with Gasteiger partial charge in [-0.2, -0.15) is 5.26 Å². The molecule has 0 saturated heterocycles. The number of nitro groups is 1. The molecule has 7 nitrogen and oxygen atoms in total. The maximum absolute atomic E-state index is 13.5. The van der Waals surface area contributed by atoms with Crippen molar-refractivity contribution in [2.75, 3.05) is 20.2 Å². The molecule has 8 heteroatoms. The predicted molar refractivity (Wildman–Crippen MR) is 66.4 cm³/mol. The van der Waals surface area contributed by atoms with Crippen LogP contribution >= 0.6 is 0 Å². The zero-order valence-electron chi connectivity index (χ0n) is 10.7. The van der Waals surface area contributed by atoms with Crippen molar-refractivity contribution in [3.63, 3.8) is 0 Å². The van der Waals surface area contributed by atoms with Gasteiger partial charge in [-0.05, 0) is 6.07 Å². The molecule has 0 aromatic heterocycles. The van der Waals surface area contributed by atoms with Gasteiger partial charge < -0.3 is 9.64 Å². The Morgan fingerprint density at radius 1 is 1.60 bits per heavy atom. The fourth-order valence-electron chi connectivity index (χ4n) is 1.37. The molecule has 0 aliphatic carbocycles. The van der Waals surface area contributed by atoms with Crippen LogP contribution in [0.4, 0.5) is 10.1 Å². The molecular formula is C12H12FN3O4. The minimum absolute atomic E-state index is 0.155. The first-order valence-corrected chi connectivity index (χ1v) is 5.64. The summed E-state index contributed by atoms with van der Waals surface area (Å²) in [6.07, 6.45) is 0.155. The third-order valence-electron chi connectivity index (χ3n) is 2.47. The lowest BCUT2D eigenvalue weighted by atomic mass is 10.3. The molecule has 1 aromatic rings. The van der Waals surface area contributed by atoms with E-state index in [0.29, 0.717) is 0 Å². The first-order chi connectivity index (χ1) is 9.47. The number of ether oxygens (including phenoxy) is 1. The number of hydrogen-bond donors (Lipinski definition) is 0. The van der Waals surface area contributed by atoms with Crippen molar-refractivity contribution in [3.05, 3.63) is 34.1 Å². The van der Waals surface area contributed by atoms with Crippen LogP contribution in [0, 0.1) is 27.3 Å². The van der Waals surface area contributed by atoms with E-state index in [2.05, 4.69) is 0 Å². The first kappa shape index (κ1) is 15.4. The number of hydrogen-bond acceptors (Lipinski definition) is 5. The normalized spacial score (nSPS) is 9.65. The average Bonchev–Trinajstić information content (AvgIpc) is 2.42. The van der Waals surface area contributed by atoms with Crippen LogP contribution in [0.15, 0.2) is 18.2 Å². The van der Waals surface area contributed by atoms with E-state index in [1.165, 1.54) is 18.0 Å². The third kappa shape index (κ3) is 3.91. The van der Waals surface area contributed by atoms with Crippen LogP contribution in [0.1, 0.15) is 6.42 Å². The Balaban J connectivity index is 2.73. The number of nitro benzene ring substituents is 1. The summed E-state index contributed by atoms with van der Waals surface area (Å²) < 4.78 is 18.4. The maximum atomic E-state index is 13.5. The lowest BCUT2D eigenvalue weighted by molar-refractivity contribution is -0.386. The van der Waals surface area contributed by atoms with E-state index in [-0.39, 0.29) is 13.0 Å². The smallest absolute Gasteiger partial charge is 0.314 e. The molecule has 0 saturated carbocycles. The minimum atomic E-state index is -0.910. The van der Waals surface area contributed by atoms with Gasteiger partial charge in [-0.25, -0.2) is 4.39 Å². The monoisotopic (exact) mass is 281 g/mol. The summed E-state index contributed by atoms with van der Waals surface area (Å²) in [4.78, 5) is 22.8. The van der Waals surface area contributed by atoms with E-state index in [0.717, 1.165) is 12.1 Å². The van der Waals surface area contributed by atoms with Gasteiger partial charge in [-0.15, -0.1) is 0 Å². The van der Waals surface area contributed by atoms with Crippen molar-refractivity contribution in [1.29, 1.82) is 5.26 Å². The van der Waals surface area contributed by atoms with E-state index >= 15 is 0 Å². The van der Waals surface area contributed by atoms with Crippen LogP contribution in [0.25, 0.3) is 0 Å². The molecule has 0 N–H and O–H groups in total. The molecular weight excluding hydrogens is 269 g/mol. The molecule has 1 rings (SSSR count). The Hall–Kier alpha value is -2.69. The summed E-state index contributed by atoms with van der Waals surface area (Å²) in [5.41, 5.74) is -0.544. The number of nitriles is 1. The second-order valence-electron chi connectivity index (χ2n) is 3.86. The standard InChI is InChI=1S/C12H12FN3O4/c1-15(7-3-6-14)11(17)8-20-12-9(13)4-2-5-10(12)16(18)19/h2,4-5H,3,7-8H2,1H3. The van der Waals surface area contributed by atoms with Crippen molar-refractivity contribution >= 4 is 11.6 Å². The summed E-state index contributed by atoms with van der Waals surface area (Å²) in [5, 5.41) is 19.1. The molecule has 0 radical (unpaired) electrons. The number of halogens is 1. The Bertz CT molecular complexity index is 556. The predicted octanol–water partition coefficient (Wildman–Crippen LogP) is 1.48. The Morgan fingerprint density at radius 3 is 2.90 bits per heavy atom. The Kier molecular flexibility index (Phi) is 5.41. The average molecular weight is 281 g/mol. The fourth-order valence-corrected chi connectivity index (χ4v) is 1.37. The molecule has 1 aromatic carbocycles. The van der Waals surface area contributed by atoms with Crippen LogP contribution in [0.3, 0.4) is 0 Å². The molecule has 20 heavy (non-hydrogen) atoms. The summed E-state index contributed by atoms with van der Waals surface area (Å²) in [7, 11) is 1.46. The quantitative estimate of drug-likeness (QED) is 0.581. The van der Waals surface area contributed by atoms with Gasteiger partial charge in [0.25, 0.3) is 5.91 Å². The van der Waals surface area contributed by atoms with Crippen LogP contribution < -0.4 is 4.74 Å². The summed E-state index contributed by atoms with van der Waals surface area (Å²) >= 11 is 0. The number of nitrogens with zero attached hydrogens (tertiary/aromatic N) is 3. The highest BCUT2D eigenvalue weighted by Gasteiger charge is 2.21. The van der Waals surface area contributed by atoms with E-state index in [1.807, 2.05) is 6.07 Å². The van der Waals surface area contributed by atoms with E-state index in [4.69, 9.17) is 10.00 Å². The minimum Gasteiger partial charge on any atom is -0.475 e. The van der Waals surface area contributed by atoms with Gasteiger partial charge in [-0.3, -0.25) is 14.9 Å². The number of amides is 1. The zero-order valence-corrected chi connectivity index (χ0v) is 10.7. The highest BCUT2D eigenvalue weighted by Crippen LogP contribution is 2.29. The molecule has 0 heterocycles. The number of para-hydroxylation sites is 1. The number of benzene rings is 1. The number of carbonyl (C=O) groups is 1. The fraction of sp³-hybridized carbons (Fsp3) is 0.333. The Labute approximate surface area is 114 Å². The highest BCUT2D eigenvalue weighted by molar-refractivity contribution is 5.77. The van der Waals surface area contributed by atoms with Crippen molar-refractivity contribution in [2.45, 2.75) is 6.42 Å². The topological polar surface area (TPSA) is 96.5 Å². The molecule has 0 spiro atoms. The van der Waals surface area contributed by atoms with Gasteiger partial charge >= 0.3 is 5.69 Å². The summed E-state index contributed by atoms with van der Waals surface area (Å²) in [6, 6.07) is 5.15. The van der Waals surface area contributed by atoms with Gasteiger partial charge in [-0.1, -0.05) is 6.07 Å². The van der Waals surface area contributed by atoms with Gasteiger partial charge in [0.1, 0.15) is 0 Å². The summed E-state index contributed by atoms with van der Waals surface area (Å²) in [6.45, 7) is -0.332. The van der Waals surface area contributed by atoms with Crippen molar-refractivity contribution < 1.29 is 18.8 Å². The zero-order chi connectivity index (χ0) is 15.1. The van der Waals surface area contributed by atoms with Crippen molar-refractivity contribution in [2.24, 2.45) is 0 Å². The van der Waals surface area contributed by atoms with Crippen molar-refractivity contribution in [3.8, 4) is 11.8 Å². The molecule has 0 aliphatic rings. The van der Waals surface area contributed by atoms with Crippen LogP contribution in [-0.4, -0.2) is 35.9 Å². The lowest BCUT2D eigenvalue weighted by Crippen LogP contribution is -2.32. The maximum Gasteiger partial charge on any atom is 0.314 e. The molecule has 0 fully saturated rings. The molecule has 0 aliphatic heterocycles. The first-order valence-electron chi connectivity index (χ1n) is 5.64. The van der Waals surface area contributed by atoms with E-state index in [9.17, 15) is 19.3 Å². The van der Waals surface area contributed by atoms with Crippen molar-refractivity contribution in [1.82, 2.24) is 4.90 Å². The lowest BCUT2D eigenvalue weighted by Gasteiger charge is -2.15. The highest BCUT2D eigenvalue weighted by atomic mass is 19.1. The largest absolute Gasteiger partial charge is 0.475 e. The molecule has 0 bridgehead atoms. The number of likely N-dealkylation sites (N-methyl/N-ethyl adjacent to an activating group) is 1. The van der Waals surface area contributed by atoms with Crippen LogP contribution in [0.2, 0.25) is 0 Å². The van der Waals surface area contributed by atoms with Gasteiger partial charge in [0.2, 0.25) is 5.75 Å². The molecule has 0 atom stereocenters.